The van der Waals surface area contributed by atoms with Gasteiger partial charge in [-0.15, -0.1) is 0 Å². The molecule has 2 rings (SSSR count). The number of nitrogens with zero attached hydrogens (tertiary/aromatic N) is 1. The molecular formula is C11H15NO3S. The van der Waals surface area contributed by atoms with Crippen LogP contribution in [0.1, 0.15) is 25.3 Å². The van der Waals surface area contributed by atoms with Gasteiger partial charge in [0.25, 0.3) is 10.0 Å². The molecule has 0 N–H and O–H groups in total. The summed E-state index contributed by atoms with van der Waals surface area (Å²) in [6, 6.07) is 5.64. The monoisotopic (exact) mass is 241 g/mol. The molecule has 1 heterocycles. The first kappa shape index (κ1) is 11.3. The average Bonchev–Trinajstić information content (AvgIpc) is 2.23. The average molecular weight is 241 g/mol. The summed E-state index contributed by atoms with van der Waals surface area (Å²) in [5, 5.41) is 0. The molecule has 0 saturated heterocycles. The first-order valence-corrected chi connectivity index (χ1v) is 6.76. The molecule has 0 aliphatic carbocycles. The summed E-state index contributed by atoms with van der Waals surface area (Å²) in [6.07, 6.45) is 0. The lowest BCUT2D eigenvalue weighted by atomic mass is 10.0. The zero-order valence-electron chi connectivity index (χ0n) is 9.60. The first-order chi connectivity index (χ1) is 7.42. The largest absolute Gasteiger partial charge is 0.474 e. The van der Waals surface area contributed by atoms with Gasteiger partial charge < -0.3 is 4.74 Å². The van der Waals surface area contributed by atoms with Crippen molar-refractivity contribution in [3.8, 4) is 5.75 Å². The van der Waals surface area contributed by atoms with Crippen molar-refractivity contribution < 1.29 is 13.2 Å². The molecule has 1 aromatic rings. The van der Waals surface area contributed by atoms with E-state index >= 15 is 0 Å². The molecule has 5 heteroatoms. The topological polar surface area (TPSA) is 46.6 Å². The van der Waals surface area contributed by atoms with Gasteiger partial charge in [-0.1, -0.05) is 19.9 Å². The molecular weight excluding hydrogens is 226 g/mol. The van der Waals surface area contributed by atoms with E-state index in [1.54, 1.807) is 13.1 Å². The van der Waals surface area contributed by atoms with Gasteiger partial charge in [0.2, 0.25) is 5.94 Å². The van der Waals surface area contributed by atoms with E-state index in [2.05, 4.69) is 13.8 Å². The van der Waals surface area contributed by atoms with Crippen molar-refractivity contribution in [1.29, 1.82) is 0 Å². The second kappa shape index (κ2) is 3.66. The van der Waals surface area contributed by atoms with Crippen LogP contribution in [0.15, 0.2) is 18.2 Å². The number of hydrogen-bond donors (Lipinski definition) is 0. The fourth-order valence-electron chi connectivity index (χ4n) is 1.63. The lowest BCUT2D eigenvalue weighted by Gasteiger charge is -2.27. The number of rotatable bonds is 1. The highest BCUT2D eigenvalue weighted by Crippen LogP contribution is 2.35. The van der Waals surface area contributed by atoms with E-state index in [4.69, 9.17) is 4.74 Å². The fourth-order valence-corrected chi connectivity index (χ4v) is 2.52. The highest BCUT2D eigenvalue weighted by atomic mass is 32.2. The highest BCUT2D eigenvalue weighted by molar-refractivity contribution is 7.92. The summed E-state index contributed by atoms with van der Waals surface area (Å²) in [6.45, 7) is 4.18. The van der Waals surface area contributed by atoms with Crippen LogP contribution in [0.25, 0.3) is 0 Å². The summed E-state index contributed by atoms with van der Waals surface area (Å²) in [7, 11) is -1.75. The molecule has 1 aliphatic rings. The van der Waals surface area contributed by atoms with Gasteiger partial charge in [-0.25, -0.2) is 8.42 Å². The maximum absolute atomic E-state index is 11.6. The molecule has 1 aromatic carbocycles. The first-order valence-electron chi connectivity index (χ1n) is 5.15. The van der Waals surface area contributed by atoms with Gasteiger partial charge in [0.15, 0.2) is 0 Å². The Kier molecular flexibility index (Phi) is 2.58. The molecule has 0 saturated carbocycles. The van der Waals surface area contributed by atoms with Crippen LogP contribution in [-0.4, -0.2) is 21.4 Å². The standard InChI is InChI=1S/C11H15NO3S/c1-8(2)9-4-5-10-11(6-9)15-7-16(13,14)12(10)3/h4-6,8H,7H2,1-3H3. The van der Waals surface area contributed by atoms with Gasteiger partial charge in [0.05, 0.1) is 5.69 Å². The number of ether oxygens (including phenoxy) is 1. The Morgan fingerprint density at radius 3 is 2.69 bits per heavy atom. The number of anilines is 1. The Hall–Kier alpha value is -1.23. The molecule has 1 aliphatic heterocycles. The van der Waals surface area contributed by atoms with Crippen molar-refractivity contribution in [2.75, 3.05) is 17.3 Å². The van der Waals surface area contributed by atoms with E-state index in [9.17, 15) is 8.42 Å². The Morgan fingerprint density at radius 2 is 2.06 bits per heavy atom. The van der Waals surface area contributed by atoms with E-state index in [0.29, 0.717) is 17.4 Å². The molecule has 0 amide bonds. The molecule has 0 bridgehead atoms. The van der Waals surface area contributed by atoms with Crippen molar-refractivity contribution in [3.63, 3.8) is 0 Å². The van der Waals surface area contributed by atoms with Crippen molar-refractivity contribution in [2.45, 2.75) is 19.8 Å². The van der Waals surface area contributed by atoms with Gasteiger partial charge in [-0.05, 0) is 23.6 Å². The molecule has 0 radical (unpaired) electrons. The zero-order valence-corrected chi connectivity index (χ0v) is 10.4. The van der Waals surface area contributed by atoms with Crippen LogP contribution in [-0.2, 0) is 10.0 Å². The Labute approximate surface area is 95.9 Å². The SMILES string of the molecule is CC(C)c1ccc2c(c1)OCS(=O)(=O)N2C. The lowest BCUT2D eigenvalue weighted by molar-refractivity contribution is 0.369. The fraction of sp³-hybridized carbons (Fsp3) is 0.455. The van der Waals surface area contributed by atoms with E-state index in [1.807, 2.05) is 12.1 Å². The van der Waals surface area contributed by atoms with Crippen molar-refractivity contribution >= 4 is 15.7 Å². The third-order valence-corrected chi connectivity index (χ3v) is 4.22. The van der Waals surface area contributed by atoms with Crippen LogP contribution in [0.2, 0.25) is 0 Å². The van der Waals surface area contributed by atoms with Crippen molar-refractivity contribution in [2.24, 2.45) is 0 Å². The summed E-state index contributed by atoms with van der Waals surface area (Å²) in [4.78, 5) is 0. The van der Waals surface area contributed by atoms with Crippen LogP contribution >= 0.6 is 0 Å². The third kappa shape index (κ3) is 1.75. The summed E-state index contributed by atoms with van der Waals surface area (Å²) in [5.74, 6) is 0.763. The molecule has 0 fully saturated rings. The van der Waals surface area contributed by atoms with Crippen molar-refractivity contribution in [1.82, 2.24) is 0 Å². The van der Waals surface area contributed by atoms with Gasteiger partial charge in [-0.3, -0.25) is 4.31 Å². The van der Waals surface area contributed by atoms with E-state index < -0.39 is 10.0 Å². The molecule has 16 heavy (non-hydrogen) atoms. The highest BCUT2D eigenvalue weighted by Gasteiger charge is 2.27. The van der Waals surface area contributed by atoms with E-state index in [-0.39, 0.29) is 5.94 Å². The predicted octanol–water partition coefficient (Wildman–Crippen LogP) is 1.93. The molecule has 0 aromatic heterocycles. The Bertz CT molecular complexity index is 508. The molecule has 0 atom stereocenters. The van der Waals surface area contributed by atoms with Gasteiger partial charge in [0, 0.05) is 7.05 Å². The molecule has 0 spiro atoms. The number of hydrogen-bond acceptors (Lipinski definition) is 3. The molecule has 0 unspecified atom stereocenters. The third-order valence-electron chi connectivity index (χ3n) is 2.77. The summed E-state index contributed by atoms with van der Waals surface area (Å²) >= 11 is 0. The minimum atomic E-state index is -3.30. The second-order valence-electron chi connectivity index (χ2n) is 4.22. The van der Waals surface area contributed by atoms with Crippen LogP contribution in [0.3, 0.4) is 0 Å². The molecule has 88 valence electrons. The number of fused-ring (bicyclic) bond motifs is 1. The lowest BCUT2D eigenvalue weighted by Crippen LogP contribution is -2.35. The normalized spacial score (nSPS) is 18.1. The van der Waals surface area contributed by atoms with Gasteiger partial charge >= 0.3 is 0 Å². The smallest absolute Gasteiger partial charge is 0.270 e. The van der Waals surface area contributed by atoms with Gasteiger partial charge in [-0.2, -0.15) is 0 Å². The maximum Gasteiger partial charge on any atom is 0.270 e. The van der Waals surface area contributed by atoms with E-state index in [1.165, 1.54) is 4.31 Å². The Balaban J connectivity index is 2.49. The predicted molar refractivity (Wildman–Crippen MR) is 63.3 cm³/mol. The second-order valence-corrected chi connectivity index (χ2v) is 6.17. The number of benzene rings is 1. The van der Waals surface area contributed by atoms with Crippen LogP contribution in [0.5, 0.6) is 5.75 Å². The molecule has 4 nitrogen and oxygen atoms in total. The minimum absolute atomic E-state index is 0.280. The van der Waals surface area contributed by atoms with Gasteiger partial charge in [0.1, 0.15) is 5.75 Å². The number of sulfonamides is 1. The van der Waals surface area contributed by atoms with Crippen LogP contribution < -0.4 is 9.04 Å². The summed E-state index contributed by atoms with van der Waals surface area (Å²) < 4.78 is 29.7. The quantitative estimate of drug-likeness (QED) is 0.754. The van der Waals surface area contributed by atoms with E-state index in [0.717, 1.165) is 5.56 Å². The maximum atomic E-state index is 11.6. The van der Waals surface area contributed by atoms with Crippen LogP contribution in [0, 0.1) is 0 Å². The van der Waals surface area contributed by atoms with Crippen molar-refractivity contribution in [3.05, 3.63) is 23.8 Å². The Morgan fingerprint density at radius 1 is 1.38 bits per heavy atom. The summed E-state index contributed by atoms with van der Waals surface area (Å²) in [5.41, 5.74) is 1.75. The zero-order chi connectivity index (χ0) is 11.9. The van der Waals surface area contributed by atoms with Crippen LogP contribution in [0.4, 0.5) is 5.69 Å². The minimum Gasteiger partial charge on any atom is -0.474 e.